The molecule has 0 radical (unpaired) electrons. The van der Waals surface area contributed by atoms with Gasteiger partial charge in [0.05, 0.1) is 10.6 Å². The van der Waals surface area contributed by atoms with Crippen molar-refractivity contribution in [2.75, 3.05) is 18.1 Å². The summed E-state index contributed by atoms with van der Waals surface area (Å²) < 4.78 is 6.29. The number of hydrogen-bond donors (Lipinski definition) is 1. The Balaban J connectivity index is 1.37. The van der Waals surface area contributed by atoms with E-state index in [1.165, 1.54) is 28.2 Å². The number of ether oxygens (including phenoxy) is 1. The highest BCUT2D eigenvalue weighted by molar-refractivity contribution is 8.19. The second kappa shape index (κ2) is 7.75. The number of para-hydroxylation sites is 1. The van der Waals surface area contributed by atoms with E-state index in [9.17, 15) is 4.79 Å². The average Bonchev–Trinajstić information content (AvgIpc) is 3.31. The number of carbonyl (C=O) groups excluding carboxylic acids is 1. The van der Waals surface area contributed by atoms with Gasteiger partial charge >= 0.3 is 0 Å². The lowest BCUT2D eigenvalue weighted by atomic mass is 10.1. The lowest BCUT2D eigenvalue weighted by molar-refractivity contribution is -0.123. The molecule has 2 aromatic carbocycles. The molecule has 1 aliphatic carbocycles. The summed E-state index contributed by atoms with van der Waals surface area (Å²) in [5.41, 5.74) is 3.78. The molecule has 3 nitrogen and oxygen atoms in total. The summed E-state index contributed by atoms with van der Waals surface area (Å²) in [6, 6.07) is 16.5. The van der Waals surface area contributed by atoms with Crippen LogP contribution in [0.5, 0.6) is 5.75 Å². The molecule has 1 fully saturated rings. The Bertz CT molecular complexity index is 759. The lowest BCUT2D eigenvalue weighted by Gasteiger charge is -2.17. The van der Waals surface area contributed by atoms with E-state index in [4.69, 9.17) is 4.74 Å². The van der Waals surface area contributed by atoms with Gasteiger partial charge in [0.15, 0.2) is 6.61 Å². The van der Waals surface area contributed by atoms with Crippen LogP contribution >= 0.6 is 23.5 Å². The Morgan fingerprint density at radius 1 is 1.04 bits per heavy atom. The zero-order chi connectivity index (χ0) is 17.1. The first-order chi connectivity index (χ1) is 12.3. The highest BCUT2D eigenvalue weighted by atomic mass is 32.2. The van der Waals surface area contributed by atoms with Crippen molar-refractivity contribution in [2.45, 2.75) is 23.5 Å². The molecule has 130 valence electrons. The maximum atomic E-state index is 12.4. The van der Waals surface area contributed by atoms with Crippen molar-refractivity contribution in [3.63, 3.8) is 0 Å². The van der Waals surface area contributed by atoms with Crippen LogP contribution in [0.2, 0.25) is 0 Å². The average molecular weight is 372 g/mol. The summed E-state index contributed by atoms with van der Waals surface area (Å²) >= 11 is 3.89. The van der Waals surface area contributed by atoms with Gasteiger partial charge in [-0.2, -0.15) is 0 Å². The Kier molecular flexibility index (Phi) is 5.22. The Labute approximate surface area is 156 Å². The van der Waals surface area contributed by atoms with Crippen LogP contribution in [0.25, 0.3) is 0 Å². The molecule has 0 aromatic heterocycles. The second-order valence-electron chi connectivity index (χ2n) is 6.26. The SMILES string of the molecule is O=C(COc1ccccc1C1SCCS1)N[C@H]1CCc2ccccc21. The number of rotatable bonds is 5. The molecule has 1 N–H and O–H groups in total. The van der Waals surface area contributed by atoms with Gasteiger partial charge in [0.25, 0.3) is 5.91 Å². The number of nitrogens with one attached hydrogen (secondary N) is 1. The first kappa shape index (κ1) is 16.9. The normalized spacial score (nSPS) is 19.6. The molecule has 5 heteroatoms. The van der Waals surface area contributed by atoms with E-state index in [0.29, 0.717) is 4.58 Å². The van der Waals surface area contributed by atoms with E-state index in [2.05, 4.69) is 29.6 Å². The summed E-state index contributed by atoms with van der Waals surface area (Å²) in [4.78, 5) is 12.4. The molecule has 1 saturated heterocycles. The summed E-state index contributed by atoms with van der Waals surface area (Å²) in [7, 11) is 0. The van der Waals surface area contributed by atoms with E-state index in [1.54, 1.807) is 0 Å². The first-order valence-electron chi connectivity index (χ1n) is 8.63. The van der Waals surface area contributed by atoms with E-state index < -0.39 is 0 Å². The van der Waals surface area contributed by atoms with Crippen LogP contribution in [0.1, 0.15) is 33.7 Å². The van der Waals surface area contributed by atoms with Gasteiger partial charge in [-0.3, -0.25) is 4.79 Å². The first-order valence-corrected chi connectivity index (χ1v) is 10.7. The van der Waals surface area contributed by atoms with Crippen LogP contribution < -0.4 is 10.1 Å². The third-order valence-electron chi connectivity index (χ3n) is 4.62. The minimum absolute atomic E-state index is 0.0526. The number of aryl methyl sites for hydroxylation is 1. The number of carbonyl (C=O) groups is 1. The molecule has 1 aliphatic heterocycles. The van der Waals surface area contributed by atoms with Crippen molar-refractivity contribution in [1.82, 2.24) is 5.32 Å². The number of fused-ring (bicyclic) bond motifs is 1. The van der Waals surface area contributed by atoms with Gasteiger partial charge in [-0.1, -0.05) is 42.5 Å². The van der Waals surface area contributed by atoms with Crippen molar-refractivity contribution in [3.05, 3.63) is 65.2 Å². The molecule has 0 unspecified atom stereocenters. The molecule has 0 spiro atoms. The number of amides is 1. The highest BCUT2D eigenvalue weighted by Gasteiger charge is 2.24. The zero-order valence-corrected chi connectivity index (χ0v) is 15.6. The fourth-order valence-corrected chi connectivity index (χ4v) is 6.34. The zero-order valence-electron chi connectivity index (χ0n) is 13.9. The molecule has 2 aromatic rings. The Morgan fingerprint density at radius 3 is 2.60 bits per heavy atom. The van der Waals surface area contributed by atoms with Gasteiger partial charge in [-0.05, 0) is 30.0 Å². The molecule has 25 heavy (non-hydrogen) atoms. The number of thioether (sulfide) groups is 2. The standard InChI is InChI=1S/C20H21NO2S2/c22-19(21-17-10-9-14-5-1-2-6-15(14)17)13-23-18-8-4-3-7-16(18)20-24-11-12-25-20/h1-8,17,20H,9-13H2,(H,21,22)/t17-/m0/s1. The quantitative estimate of drug-likeness (QED) is 0.848. The molecule has 2 aliphatic rings. The molecule has 1 atom stereocenters. The van der Waals surface area contributed by atoms with Crippen molar-refractivity contribution >= 4 is 29.4 Å². The van der Waals surface area contributed by atoms with E-state index in [-0.39, 0.29) is 18.6 Å². The monoisotopic (exact) mass is 371 g/mol. The van der Waals surface area contributed by atoms with Crippen molar-refractivity contribution in [3.8, 4) is 5.75 Å². The maximum absolute atomic E-state index is 12.4. The lowest BCUT2D eigenvalue weighted by Crippen LogP contribution is -2.31. The van der Waals surface area contributed by atoms with Crippen LogP contribution in [0.4, 0.5) is 0 Å². The molecular formula is C20H21NO2S2. The van der Waals surface area contributed by atoms with Crippen LogP contribution in [0, 0.1) is 0 Å². The Hall–Kier alpha value is -1.59. The van der Waals surface area contributed by atoms with Crippen LogP contribution in [-0.4, -0.2) is 24.0 Å². The summed E-state index contributed by atoms with van der Waals surface area (Å²) in [6.45, 7) is 0.0672. The predicted octanol–water partition coefficient (Wildman–Crippen LogP) is 4.35. The van der Waals surface area contributed by atoms with Crippen LogP contribution in [0.3, 0.4) is 0 Å². The van der Waals surface area contributed by atoms with E-state index in [1.807, 2.05) is 47.8 Å². The van der Waals surface area contributed by atoms with Crippen molar-refractivity contribution in [1.29, 1.82) is 0 Å². The Morgan fingerprint density at radius 2 is 1.76 bits per heavy atom. The number of benzene rings is 2. The fraction of sp³-hybridized carbons (Fsp3) is 0.350. The predicted molar refractivity (Wildman–Crippen MR) is 105 cm³/mol. The van der Waals surface area contributed by atoms with Gasteiger partial charge in [-0.25, -0.2) is 0 Å². The topological polar surface area (TPSA) is 38.3 Å². The van der Waals surface area contributed by atoms with Gasteiger partial charge in [-0.15, -0.1) is 23.5 Å². The van der Waals surface area contributed by atoms with Gasteiger partial charge < -0.3 is 10.1 Å². The minimum atomic E-state index is -0.0526. The molecule has 1 heterocycles. The maximum Gasteiger partial charge on any atom is 0.258 e. The summed E-state index contributed by atoms with van der Waals surface area (Å²) in [5.74, 6) is 3.12. The summed E-state index contributed by atoms with van der Waals surface area (Å²) in [5, 5.41) is 3.12. The molecular weight excluding hydrogens is 350 g/mol. The van der Waals surface area contributed by atoms with Crippen LogP contribution in [-0.2, 0) is 11.2 Å². The van der Waals surface area contributed by atoms with Crippen LogP contribution in [0.15, 0.2) is 48.5 Å². The molecule has 0 saturated carbocycles. The summed E-state index contributed by atoms with van der Waals surface area (Å²) in [6.07, 6.45) is 2.00. The number of hydrogen-bond acceptors (Lipinski definition) is 4. The van der Waals surface area contributed by atoms with Crippen molar-refractivity contribution in [2.24, 2.45) is 0 Å². The highest BCUT2D eigenvalue weighted by Crippen LogP contribution is 2.48. The smallest absolute Gasteiger partial charge is 0.258 e. The van der Waals surface area contributed by atoms with E-state index >= 15 is 0 Å². The third kappa shape index (κ3) is 3.82. The third-order valence-corrected chi connectivity index (χ3v) is 7.69. The largest absolute Gasteiger partial charge is 0.483 e. The van der Waals surface area contributed by atoms with Crippen molar-refractivity contribution < 1.29 is 9.53 Å². The second-order valence-corrected chi connectivity index (χ2v) is 8.98. The molecule has 0 bridgehead atoms. The minimum Gasteiger partial charge on any atom is -0.483 e. The van der Waals surface area contributed by atoms with E-state index in [0.717, 1.165) is 18.6 Å². The van der Waals surface area contributed by atoms with Gasteiger partial charge in [0, 0.05) is 17.1 Å². The molecule has 4 rings (SSSR count). The van der Waals surface area contributed by atoms with Gasteiger partial charge in [0.1, 0.15) is 5.75 Å². The van der Waals surface area contributed by atoms with Gasteiger partial charge in [0.2, 0.25) is 0 Å². The fourth-order valence-electron chi connectivity index (χ4n) is 3.43. The molecule has 1 amide bonds.